The molecule has 0 bridgehead atoms. The average molecular weight is 386 g/mol. The first-order valence-corrected chi connectivity index (χ1v) is 9.07. The highest BCUT2D eigenvalue weighted by Gasteiger charge is 2.43. The molecule has 1 aliphatic heterocycles. The zero-order valence-corrected chi connectivity index (χ0v) is 15.4. The van der Waals surface area contributed by atoms with Crippen molar-refractivity contribution in [2.45, 2.75) is 18.9 Å². The van der Waals surface area contributed by atoms with E-state index < -0.39 is 5.56 Å². The van der Waals surface area contributed by atoms with Crippen molar-refractivity contribution in [2.24, 2.45) is 11.8 Å². The van der Waals surface area contributed by atoms with Crippen LogP contribution in [0.25, 0.3) is 11.2 Å². The van der Waals surface area contributed by atoms with Gasteiger partial charge in [-0.05, 0) is 18.5 Å². The second-order valence-electron chi connectivity index (χ2n) is 7.19. The molecule has 2 aliphatic rings. The van der Waals surface area contributed by atoms with Gasteiger partial charge >= 0.3 is 5.97 Å². The van der Waals surface area contributed by atoms with E-state index in [9.17, 15) is 14.7 Å². The minimum atomic E-state index is -0.399. The lowest BCUT2D eigenvalue weighted by Gasteiger charge is -2.44. The van der Waals surface area contributed by atoms with Gasteiger partial charge in [0.05, 0.1) is 18.5 Å². The summed E-state index contributed by atoms with van der Waals surface area (Å²) in [5.41, 5.74) is 6.44. The molecule has 0 unspecified atom stereocenters. The zero-order chi connectivity index (χ0) is 19.8. The average Bonchev–Trinajstić information content (AvgIpc) is 3.05. The summed E-state index contributed by atoms with van der Waals surface area (Å²) >= 11 is 0. The van der Waals surface area contributed by atoms with Crippen molar-refractivity contribution in [3.8, 4) is 0 Å². The number of rotatable bonds is 5. The first-order valence-electron chi connectivity index (χ1n) is 9.07. The number of carbonyl (C=O) groups excluding carboxylic acids is 1. The Morgan fingerprint density at radius 2 is 2.32 bits per heavy atom. The lowest BCUT2D eigenvalue weighted by atomic mass is 9.70. The summed E-state index contributed by atoms with van der Waals surface area (Å²) in [6.45, 7) is 0.160. The highest BCUT2D eigenvalue weighted by Crippen LogP contribution is 2.45. The molecule has 1 aliphatic carbocycles. The maximum atomic E-state index is 12.4. The Balaban J connectivity index is 1.52. The van der Waals surface area contributed by atoms with Crippen LogP contribution in [0.15, 0.2) is 35.2 Å². The highest BCUT2D eigenvalue weighted by atomic mass is 16.5. The molecule has 4 rings (SSSR count). The summed E-state index contributed by atoms with van der Waals surface area (Å²) < 4.78 is 7.31. The molecule has 1 fully saturated rings. The highest BCUT2D eigenvalue weighted by molar-refractivity contribution is 5.88. The van der Waals surface area contributed by atoms with Crippen molar-refractivity contribution in [2.75, 3.05) is 26.0 Å². The van der Waals surface area contributed by atoms with Crippen LogP contribution in [0.5, 0.6) is 0 Å². The number of aliphatic hydroxyl groups excluding tert-OH is 1. The van der Waals surface area contributed by atoms with E-state index in [1.165, 1.54) is 0 Å². The number of anilines is 1. The Bertz CT molecular complexity index is 1020. The number of aromatic amines is 1. The number of fused-ring (bicyclic) bond motifs is 1. The van der Waals surface area contributed by atoms with Gasteiger partial charge in [0.25, 0.3) is 5.56 Å². The number of H-pyrrole nitrogens is 1. The first-order chi connectivity index (χ1) is 13.5. The Morgan fingerprint density at radius 1 is 1.50 bits per heavy atom. The summed E-state index contributed by atoms with van der Waals surface area (Å²) in [5.74, 6) is -0.460. The normalized spacial score (nSPS) is 24.1. The molecule has 0 saturated heterocycles. The molecule has 10 heteroatoms. The maximum Gasteiger partial charge on any atom is 0.335 e. The summed E-state index contributed by atoms with van der Waals surface area (Å²) in [7, 11) is 1.84. The molecule has 10 nitrogen and oxygen atoms in total. The van der Waals surface area contributed by atoms with E-state index in [4.69, 9.17) is 10.5 Å². The maximum absolute atomic E-state index is 12.4. The fourth-order valence-electron chi connectivity index (χ4n) is 3.83. The van der Waals surface area contributed by atoms with Gasteiger partial charge in [-0.3, -0.25) is 9.78 Å². The predicted molar refractivity (Wildman–Crippen MR) is 101 cm³/mol. The number of hydrogen-bond donors (Lipinski definition) is 3. The number of aromatic nitrogens is 4. The smallest absolute Gasteiger partial charge is 0.335 e. The second kappa shape index (κ2) is 7.12. The van der Waals surface area contributed by atoms with Gasteiger partial charge in [-0.25, -0.2) is 9.78 Å². The van der Waals surface area contributed by atoms with Gasteiger partial charge in [0.1, 0.15) is 0 Å². The number of carbonyl (C=O) groups is 1. The first kappa shape index (κ1) is 18.2. The molecule has 0 aromatic carbocycles. The Kier molecular flexibility index (Phi) is 4.63. The lowest BCUT2D eigenvalue weighted by Crippen LogP contribution is -2.43. The second-order valence-corrected chi connectivity index (χ2v) is 7.19. The zero-order valence-electron chi connectivity index (χ0n) is 15.4. The number of nitrogens with zero attached hydrogens (tertiary/aromatic N) is 4. The van der Waals surface area contributed by atoms with E-state index in [-0.39, 0.29) is 48.5 Å². The molecule has 2 aromatic heterocycles. The Hall–Kier alpha value is -3.14. The van der Waals surface area contributed by atoms with Crippen molar-refractivity contribution < 1.29 is 14.6 Å². The van der Waals surface area contributed by atoms with Crippen LogP contribution in [0.2, 0.25) is 0 Å². The van der Waals surface area contributed by atoms with E-state index in [0.29, 0.717) is 24.1 Å². The number of ether oxygens (including phenoxy) is 1. The standard InChI is InChI=1S/C18H22N6O4/c1-23-4-2-3-10(6-23)17(27)28-8-12-11(7-25)5-13(12)24-9-20-14-15(24)21-18(19)22-16(14)26/h2,4,6,9,11-13,25H,3,5,7-8H2,1H3,(H3,19,21,22,26)/t11-,12+,13-/m1/s1. The van der Waals surface area contributed by atoms with Gasteiger partial charge in [-0.2, -0.15) is 4.98 Å². The van der Waals surface area contributed by atoms with Gasteiger partial charge in [-0.15, -0.1) is 0 Å². The summed E-state index contributed by atoms with van der Waals surface area (Å²) in [6, 6.07) is -0.0912. The number of aliphatic hydroxyl groups is 1. The molecule has 3 heterocycles. The van der Waals surface area contributed by atoms with Crippen molar-refractivity contribution in [1.82, 2.24) is 24.4 Å². The molecule has 2 aromatic rings. The van der Waals surface area contributed by atoms with Crippen LogP contribution >= 0.6 is 0 Å². The van der Waals surface area contributed by atoms with Crippen LogP contribution in [0, 0.1) is 11.8 Å². The number of hydrogen-bond acceptors (Lipinski definition) is 8. The molecule has 148 valence electrons. The Morgan fingerprint density at radius 3 is 3.07 bits per heavy atom. The molecular formula is C18H22N6O4. The fourth-order valence-corrected chi connectivity index (χ4v) is 3.83. The molecule has 0 radical (unpaired) electrons. The van der Waals surface area contributed by atoms with Crippen LogP contribution < -0.4 is 11.3 Å². The molecule has 28 heavy (non-hydrogen) atoms. The summed E-state index contributed by atoms with van der Waals surface area (Å²) in [6.07, 6.45) is 8.26. The van der Waals surface area contributed by atoms with E-state index >= 15 is 0 Å². The molecular weight excluding hydrogens is 364 g/mol. The van der Waals surface area contributed by atoms with Crippen molar-refractivity contribution in [3.63, 3.8) is 0 Å². The van der Waals surface area contributed by atoms with E-state index in [0.717, 1.165) is 0 Å². The molecule has 0 amide bonds. The number of nitrogens with one attached hydrogen (secondary N) is 1. The summed E-state index contributed by atoms with van der Waals surface area (Å²) in [4.78, 5) is 36.9. The molecule has 3 atom stereocenters. The van der Waals surface area contributed by atoms with Crippen LogP contribution in [0.3, 0.4) is 0 Å². The number of nitrogens with two attached hydrogens (primary N) is 1. The molecule has 0 spiro atoms. The van der Waals surface area contributed by atoms with E-state index in [2.05, 4.69) is 15.0 Å². The van der Waals surface area contributed by atoms with E-state index in [1.807, 2.05) is 19.3 Å². The monoisotopic (exact) mass is 386 g/mol. The molecule has 1 saturated carbocycles. The third-order valence-electron chi connectivity index (χ3n) is 5.39. The van der Waals surface area contributed by atoms with Gasteiger partial charge in [0, 0.05) is 38.2 Å². The van der Waals surface area contributed by atoms with Crippen molar-refractivity contribution in [3.05, 3.63) is 40.7 Å². The SMILES string of the molecule is CN1C=CCC(C(=O)OC[C@H]2[C@@H](CO)C[C@H]2n2cnc3c(=O)[nH]c(N)nc32)=C1. The lowest BCUT2D eigenvalue weighted by molar-refractivity contribution is -0.144. The number of esters is 1. The largest absolute Gasteiger partial charge is 0.462 e. The summed E-state index contributed by atoms with van der Waals surface area (Å²) in [5, 5.41) is 9.64. The third-order valence-corrected chi connectivity index (χ3v) is 5.39. The quantitative estimate of drug-likeness (QED) is 0.617. The van der Waals surface area contributed by atoms with Crippen LogP contribution in [-0.4, -0.2) is 55.8 Å². The Labute approximate surface area is 160 Å². The minimum Gasteiger partial charge on any atom is -0.462 e. The fraction of sp³-hybridized carbons (Fsp3) is 0.444. The number of imidazole rings is 1. The van der Waals surface area contributed by atoms with Crippen LogP contribution in [-0.2, 0) is 9.53 Å². The van der Waals surface area contributed by atoms with Gasteiger partial charge < -0.3 is 25.0 Å². The van der Waals surface area contributed by atoms with Crippen LogP contribution in [0.1, 0.15) is 18.9 Å². The minimum absolute atomic E-state index is 0.00232. The van der Waals surface area contributed by atoms with Gasteiger partial charge in [-0.1, -0.05) is 6.08 Å². The van der Waals surface area contributed by atoms with E-state index in [1.54, 1.807) is 22.0 Å². The topological polar surface area (TPSA) is 139 Å². The third kappa shape index (κ3) is 3.15. The van der Waals surface area contributed by atoms with Gasteiger partial charge in [0.15, 0.2) is 11.2 Å². The predicted octanol–water partition coefficient (Wildman–Crippen LogP) is 0.148. The molecule has 4 N–H and O–H groups in total. The number of nitrogen functional groups attached to an aromatic ring is 1. The van der Waals surface area contributed by atoms with Crippen molar-refractivity contribution >= 4 is 23.1 Å². The van der Waals surface area contributed by atoms with Gasteiger partial charge in [0.2, 0.25) is 5.95 Å². The van der Waals surface area contributed by atoms with Crippen molar-refractivity contribution in [1.29, 1.82) is 0 Å². The van der Waals surface area contributed by atoms with Crippen LogP contribution in [0.4, 0.5) is 5.95 Å². The number of allylic oxidation sites excluding steroid dienone is 1.